The van der Waals surface area contributed by atoms with E-state index in [1.54, 1.807) is 4.90 Å². The van der Waals surface area contributed by atoms with Crippen LogP contribution in [0.15, 0.2) is 0 Å². The van der Waals surface area contributed by atoms with Crippen molar-refractivity contribution in [1.29, 1.82) is 0 Å². The summed E-state index contributed by atoms with van der Waals surface area (Å²) < 4.78 is 5.38. The van der Waals surface area contributed by atoms with Crippen LogP contribution in [0.3, 0.4) is 0 Å². The van der Waals surface area contributed by atoms with Gasteiger partial charge in [0.1, 0.15) is 5.60 Å². The Labute approximate surface area is 98.3 Å². The van der Waals surface area contributed by atoms with Gasteiger partial charge in [0.2, 0.25) is 0 Å². The van der Waals surface area contributed by atoms with E-state index in [0.717, 1.165) is 19.5 Å². The highest BCUT2D eigenvalue weighted by molar-refractivity contribution is 5.68. The molecular weight excluding hydrogens is 204 g/mol. The molecular formula is C12H24N2O2. The van der Waals surface area contributed by atoms with E-state index in [1.807, 2.05) is 27.8 Å². The Bertz CT molecular complexity index is 248. The third-order valence-corrected chi connectivity index (χ3v) is 2.72. The Kier molecular flexibility index (Phi) is 4.19. The minimum Gasteiger partial charge on any atom is -0.444 e. The van der Waals surface area contributed by atoms with E-state index < -0.39 is 5.60 Å². The molecule has 1 amide bonds. The fraction of sp³-hybridized carbons (Fsp3) is 0.917. The van der Waals surface area contributed by atoms with E-state index in [1.165, 1.54) is 0 Å². The van der Waals surface area contributed by atoms with Gasteiger partial charge in [-0.1, -0.05) is 6.92 Å². The average Bonchev–Trinajstić information content (AvgIpc) is 2.14. The lowest BCUT2D eigenvalue weighted by Gasteiger charge is -2.37. The number of likely N-dealkylation sites (tertiary alicyclic amines) is 1. The molecule has 0 saturated carbocycles. The third-order valence-electron chi connectivity index (χ3n) is 2.72. The molecule has 1 aliphatic heterocycles. The minimum atomic E-state index is -0.410. The molecule has 1 saturated heterocycles. The molecule has 1 rings (SSSR count). The van der Waals surface area contributed by atoms with Crippen LogP contribution in [-0.2, 0) is 4.74 Å². The van der Waals surface area contributed by atoms with Crippen molar-refractivity contribution < 1.29 is 9.53 Å². The first-order valence-electron chi connectivity index (χ1n) is 5.97. The molecule has 2 atom stereocenters. The van der Waals surface area contributed by atoms with Gasteiger partial charge in [0.15, 0.2) is 0 Å². The number of amides is 1. The Morgan fingerprint density at radius 2 is 2.00 bits per heavy atom. The molecule has 1 heterocycles. The summed E-state index contributed by atoms with van der Waals surface area (Å²) in [6.45, 7) is 9.40. The first kappa shape index (κ1) is 13.3. The van der Waals surface area contributed by atoms with Crippen LogP contribution < -0.4 is 5.32 Å². The highest BCUT2D eigenvalue weighted by Gasteiger charge is 2.29. The summed E-state index contributed by atoms with van der Waals surface area (Å²) in [5.41, 5.74) is -0.410. The predicted octanol–water partition coefficient (Wildman–Crippen LogP) is 1.85. The smallest absolute Gasteiger partial charge is 0.410 e. The summed E-state index contributed by atoms with van der Waals surface area (Å²) in [7, 11) is 1.94. The molecule has 94 valence electrons. The Morgan fingerprint density at radius 3 is 2.50 bits per heavy atom. The van der Waals surface area contributed by atoms with Crippen LogP contribution in [0.4, 0.5) is 4.79 Å². The van der Waals surface area contributed by atoms with Crippen LogP contribution in [0.1, 0.15) is 34.1 Å². The van der Waals surface area contributed by atoms with Gasteiger partial charge in [0.25, 0.3) is 0 Å². The molecule has 0 aromatic rings. The van der Waals surface area contributed by atoms with Gasteiger partial charge in [-0.15, -0.1) is 0 Å². The van der Waals surface area contributed by atoms with Crippen LogP contribution in [0.5, 0.6) is 0 Å². The van der Waals surface area contributed by atoms with Gasteiger partial charge in [-0.2, -0.15) is 0 Å². The zero-order valence-electron chi connectivity index (χ0n) is 11.0. The van der Waals surface area contributed by atoms with Crippen LogP contribution in [0.2, 0.25) is 0 Å². The summed E-state index contributed by atoms with van der Waals surface area (Å²) in [5.74, 6) is 0.527. The lowest BCUT2D eigenvalue weighted by Crippen LogP contribution is -2.51. The van der Waals surface area contributed by atoms with Gasteiger partial charge in [0.05, 0.1) is 0 Å². The van der Waals surface area contributed by atoms with Crippen LogP contribution in [0, 0.1) is 5.92 Å². The average molecular weight is 228 g/mol. The van der Waals surface area contributed by atoms with Gasteiger partial charge in [-0.25, -0.2) is 4.79 Å². The molecule has 0 aromatic heterocycles. The van der Waals surface area contributed by atoms with E-state index in [2.05, 4.69) is 12.2 Å². The summed E-state index contributed by atoms with van der Waals surface area (Å²) in [5, 5.41) is 3.23. The standard InChI is InChI=1S/C12H24N2O2/c1-9-6-10(13-5)8-14(7-9)11(15)16-12(2,3)4/h9-10,13H,6-8H2,1-5H3. The minimum absolute atomic E-state index is 0.195. The number of piperidine rings is 1. The Hall–Kier alpha value is -0.770. The van der Waals surface area contributed by atoms with E-state index in [-0.39, 0.29) is 6.09 Å². The quantitative estimate of drug-likeness (QED) is 0.744. The van der Waals surface area contributed by atoms with Gasteiger partial charge in [-0.3, -0.25) is 0 Å². The first-order valence-corrected chi connectivity index (χ1v) is 5.97. The number of carbonyl (C=O) groups is 1. The van der Waals surface area contributed by atoms with E-state index >= 15 is 0 Å². The largest absolute Gasteiger partial charge is 0.444 e. The van der Waals surface area contributed by atoms with Gasteiger partial charge in [-0.05, 0) is 40.2 Å². The zero-order chi connectivity index (χ0) is 12.3. The molecule has 1 N–H and O–H groups in total. The van der Waals surface area contributed by atoms with Crippen molar-refractivity contribution in [3.8, 4) is 0 Å². The molecule has 2 unspecified atom stereocenters. The Balaban J connectivity index is 2.55. The molecule has 4 heteroatoms. The predicted molar refractivity (Wildman–Crippen MR) is 64.4 cm³/mol. The summed E-state index contributed by atoms with van der Waals surface area (Å²) in [6.07, 6.45) is 0.926. The number of carbonyl (C=O) groups excluding carboxylic acids is 1. The number of likely N-dealkylation sites (N-methyl/N-ethyl adjacent to an activating group) is 1. The van der Waals surface area contributed by atoms with Crippen LogP contribution in [0.25, 0.3) is 0 Å². The first-order chi connectivity index (χ1) is 7.31. The van der Waals surface area contributed by atoms with E-state index in [0.29, 0.717) is 12.0 Å². The van der Waals surface area contributed by atoms with Crippen LogP contribution in [-0.4, -0.2) is 42.8 Å². The van der Waals surface area contributed by atoms with E-state index in [9.17, 15) is 4.79 Å². The number of rotatable bonds is 1. The fourth-order valence-corrected chi connectivity index (χ4v) is 2.04. The second kappa shape index (κ2) is 5.04. The lowest BCUT2D eigenvalue weighted by molar-refractivity contribution is 0.0141. The van der Waals surface area contributed by atoms with Crippen molar-refractivity contribution in [3.63, 3.8) is 0 Å². The summed E-state index contributed by atoms with van der Waals surface area (Å²) >= 11 is 0. The number of nitrogens with zero attached hydrogens (tertiary/aromatic N) is 1. The maximum Gasteiger partial charge on any atom is 0.410 e. The number of hydrogen-bond donors (Lipinski definition) is 1. The maximum absolute atomic E-state index is 11.9. The molecule has 0 bridgehead atoms. The molecule has 0 radical (unpaired) electrons. The highest BCUT2D eigenvalue weighted by atomic mass is 16.6. The van der Waals surface area contributed by atoms with E-state index in [4.69, 9.17) is 4.74 Å². The molecule has 4 nitrogen and oxygen atoms in total. The summed E-state index contributed by atoms with van der Waals surface area (Å²) in [6, 6.07) is 0.385. The van der Waals surface area contributed by atoms with Crippen molar-refractivity contribution in [2.75, 3.05) is 20.1 Å². The molecule has 0 spiro atoms. The van der Waals surface area contributed by atoms with Crippen molar-refractivity contribution in [2.45, 2.75) is 45.8 Å². The van der Waals surface area contributed by atoms with Crippen molar-refractivity contribution in [3.05, 3.63) is 0 Å². The second-order valence-corrected chi connectivity index (χ2v) is 5.71. The van der Waals surface area contributed by atoms with Crippen molar-refractivity contribution in [1.82, 2.24) is 10.2 Å². The lowest BCUT2D eigenvalue weighted by atomic mass is 9.96. The molecule has 0 aliphatic carbocycles. The molecule has 16 heavy (non-hydrogen) atoms. The SMILES string of the molecule is CNC1CC(C)CN(C(=O)OC(C)(C)C)C1. The van der Waals surface area contributed by atoms with Crippen molar-refractivity contribution >= 4 is 6.09 Å². The van der Waals surface area contributed by atoms with Gasteiger partial charge < -0.3 is 15.0 Å². The van der Waals surface area contributed by atoms with Gasteiger partial charge >= 0.3 is 6.09 Å². The molecule has 1 fully saturated rings. The number of ether oxygens (including phenoxy) is 1. The van der Waals surface area contributed by atoms with Gasteiger partial charge in [0, 0.05) is 19.1 Å². The second-order valence-electron chi connectivity index (χ2n) is 5.71. The number of hydrogen-bond acceptors (Lipinski definition) is 3. The number of nitrogens with one attached hydrogen (secondary N) is 1. The molecule has 0 aromatic carbocycles. The normalized spacial score (nSPS) is 26.7. The summed E-state index contributed by atoms with van der Waals surface area (Å²) in [4.78, 5) is 13.7. The molecule has 1 aliphatic rings. The topological polar surface area (TPSA) is 41.6 Å². The maximum atomic E-state index is 11.9. The van der Waals surface area contributed by atoms with Crippen molar-refractivity contribution in [2.24, 2.45) is 5.92 Å². The fourth-order valence-electron chi connectivity index (χ4n) is 2.04. The third kappa shape index (κ3) is 4.00. The van der Waals surface area contributed by atoms with Crippen LogP contribution >= 0.6 is 0 Å². The monoisotopic (exact) mass is 228 g/mol. The Morgan fingerprint density at radius 1 is 1.38 bits per heavy atom. The highest BCUT2D eigenvalue weighted by Crippen LogP contribution is 2.18. The zero-order valence-corrected chi connectivity index (χ0v) is 11.0.